The van der Waals surface area contributed by atoms with Crippen LogP contribution in [0.3, 0.4) is 0 Å². The molecule has 0 atom stereocenters. The summed E-state index contributed by atoms with van der Waals surface area (Å²) in [7, 11) is 1.30. The van der Waals surface area contributed by atoms with Crippen molar-refractivity contribution in [1.29, 1.82) is 0 Å². The van der Waals surface area contributed by atoms with Crippen molar-refractivity contribution in [1.82, 2.24) is 4.98 Å². The highest BCUT2D eigenvalue weighted by atomic mass is 16.5. The van der Waals surface area contributed by atoms with Gasteiger partial charge in [0.1, 0.15) is 0 Å². The summed E-state index contributed by atoms with van der Waals surface area (Å²) in [6.07, 6.45) is 1.58. The van der Waals surface area contributed by atoms with Gasteiger partial charge < -0.3 is 9.72 Å². The molecule has 0 aliphatic rings. The van der Waals surface area contributed by atoms with Gasteiger partial charge in [-0.1, -0.05) is 0 Å². The molecule has 1 aromatic heterocycles. The monoisotopic (exact) mass is 181 g/mol. The Bertz CT molecular complexity index is 367. The molecule has 4 heteroatoms. The first-order chi connectivity index (χ1) is 6.15. The predicted octanol–water partition coefficient (Wildman–Crippen LogP) is 0.399. The number of methoxy groups -OCH3 is 1. The number of carbonyl (C=O) groups excluding carboxylic acids is 1. The van der Waals surface area contributed by atoms with E-state index in [-0.39, 0.29) is 12.0 Å². The highest BCUT2D eigenvalue weighted by Crippen LogP contribution is 2.01. The summed E-state index contributed by atoms with van der Waals surface area (Å²) in [6, 6.07) is 1.75. The van der Waals surface area contributed by atoms with Crippen LogP contribution in [0.2, 0.25) is 0 Å². The first kappa shape index (κ1) is 9.51. The fourth-order valence-electron chi connectivity index (χ4n) is 1.05. The van der Waals surface area contributed by atoms with Crippen molar-refractivity contribution in [2.45, 2.75) is 13.3 Å². The Hall–Kier alpha value is -1.58. The summed E-state index contributed by atoms with van der Waals surface area (Å²) in [5.74, 6) is -0.403. The molecule has 0 aromatic carbocycles. The average Bonchev–Trinajstić information content (AvgIpc) is 2.11. The smallest absolute Gasteiger partial charge is 0.310 e. The van der Waals surface area contributed by atoms with E-state index in [2.05, 4.69) is 9.72 Å². The lowest BCUT2D eigenvalue weighted by Gasteiger charge is -2.01. The molecule has 1 N–H and O–H groups in total. The second kappa shape index (κ2) is 3.89. The van der Waals surface area contributed by atoms with Crippen molar-refractivity contribution in [2.24, 2.45) is 0 Å². The number of pyridine rings is 1. The van der Waals surface area contributed by atoms with Gasteiger partial charge in [-0.15, -0.1) is 0 Å². The molecule has 1 heterocycles. The lowest BCUT2D eigenvalue weighted by molar-refractivity contribution is -0.139. The molecule has 70 valence electrons. The third kappa shape index (κ3) is 2.18. The largest absolute Gasteiger partial charge is 0.469 e. The lowest BCUT2D eigenvalue weighted by atomic mass is 10.1. The predicted molar refractivity (Wildman–Crippen MR) is 47.5 cm³/mol. The number of aryl methyl sites for hydroxylation is 1. The van der Waals surface area contributed by atoms with Crippen LogP contribution in [-0.4, -0.2) is 18.1 Å². The number of hydrogen-bond donors (Lipinski definition) is 1. The highest BCUT2D eigenvalue weighted by Gasteiger charge is 2.08. The molecule has 0 aliphatic carbocycles. The quantitative estimate of drug-likeness (QED) is 0.672. The van der Waals surface area contributed by atoms with E-state index >= 15 is 0 Å². The van der Waals surface area contributed by atoms with E-state index in [1.165, 1.54) is 7.11 Å². The van der Waals surface area contributed by atoms with E-state index in [1.807, 2.05) is 0 Å². The zero-order valence-corrected chi connectivity index (χ0v) is 7.59. The molecule has 0 saturated carbocycles. The van der Waals surface area contributed by atoms with E-state index < -0.39 is 5.97 Å². The van der Waals surface area contributed by atoms with Gasteiger partial charge in [0.25, 0.3) is 5.56 Å². The molecule has 0 radical (unpaired) electrons. The van der Waals surface area contributed by atoms with Crippen LogP contribution < -0.4 is 5.56 Å². The maximum Gasteiger partial charge on any atom is 0.310 e. The number of rotatable bonds is 2. The average molecular weight is 181 g/mol. The number of aromatic amines is 1. The minimum Gasteiger partial charge on any atom is -0.469 e. The molecule has 0 aliphatic heterocycles. The van der Waals surface area contributed by atoms with E-state index in [1.54, 1.807) is 19.2 Å². The Labute approximate surface area is 75.5 Å². The van der Waals surface area contributed by atoms with E-state index in [0.29, 0.717) is 5.56 Å². The SMILES string of the molecule is COC(=O)Cc1c(C)cc[nH]c1=O. The molecular formula is C9H11NO3. The van der Waals surface area contributed by atoms with Crippen molar-refractivity contribution >= 4 is 5.97 Å². The fraction of sp³-hybridized carbons (Fsp3) is 0.333. The number of hydrogen-bond acceptors (Lipinski definition) is 3. The molecule has 0 bridgehead atoms. The Balaban J connectivity index is 3.00. The number of aromatic nitrogens is 1. The number of nitrogens with one attached hydrogen (secondary N) is 1. The molecule has 0 unspecified atom stereocenters. The summed E-state index contributed by atoms with van der Waals surface area (Å²) < 4.78 is 4.47. The second-order valence-electron chi connectivity index (χ2n) is 2.72. The maximum absolute atomic E-state index is 11.2. The maximum atomic E-state index is 11.2. The van der Waals surface area contributed by atoms with Crippen molar-refractivity contribution in [3.05, 3.63) is 33.7 Å². The van der Waals surface area contributed by atoms with Crippen LogP contribution in [-0.2, 0) is 16.0 Å². The van der Waals surface area contributed by atoms with Gasteiger partial charge in [0.05, 0.1) is 13.5 Å². The van der Waals surface area contributed by atoms with Gasteiger partial charge in [0.2, 0.25) is 0 Å². The van der Waals surface area contributed by atoms with Gasteiger partial charge >= 0.3 is 5.97 Å². The zero-order valence-electron chi connectivity index (χ0n) is 7.59. The van der Waals surface area contributed by atoms with Gasteiger partial charge in [-0.3, -0.25) is 9.59 Å². The molecule has 4 nitrogen and oxygen atoms in total. The Morgan fingerprint density at radius 3 is 2.85 bits per heavy atom. The highest BCUT2D eigenvalue weighted by molar-refractivity contribution is 5.72. The molecular weight excluding hydrogens is 170 g/mol. The molecule has 1 aromatic rings. The van der Waals surface area contributed by atoms with Gasteiger partial charge in [0.15, 0.2) is 0 Å². The number of esters is 1. The standard InChI is InChI=1S/C9H11NO3/c1-6-3-4-10-9(12)7(6)5-8(11)13-2/h3-4H,5H2,1-2H3,(H,10,12). The van der Waals surface area contributed by atoms with Crippen molar-refractivity contribution in [2.75, 3.05) is 7.11 Å². The Morgan fingerprint density at radius 2 is 2.31 bits per heavy atom. The summed E-state index contributed by atoms with van der Waals surface area (Å²) in [5, 5.41) is 0. The first-order valence-corrected chi connectivity index (χ1v) is 3.89. The van der Waals surface area contributed by atoms with Gasteiger partial charge in [-0.2, -0.15) is 0 Å². The number of carbonyl (C=O) groups is 1. The van der Waals surface area contributed by atoms with E-state index in [9.17, 15) is 9.59 Å². The normalized spacial score (nSPS) is 9.69. The summed E-state index contributed by atoms with van der Waals surface area (Å²) in [6.45, 7) is 1.79. The van der Waals surface area contributed by atoms with E-state index in [0.717, 1.165) is 5.56 Å². The van der Waals surface area contributed by atoms with Gasteiger partial charge in [-0.25, -0.2) is 0 Å². The van der Waals surface area contributed by atoms with Crippen molar-refractivity contribution < 1.29 is 9.53 Å². The molecule has 1 rings (SSSR count). The summed E-state index contributed by atoms with van der Waals surface area (Å²) in [5.41, 5.74) is 1.04. The third-order valence-corrected chi connectivity index (χ3v) is 1.85. The first-order valence-electron chi connectivity index (χ1n) is 3.89. The van der Waals surface area contributed by atoms with Crippen LogP contribution in [0.15, 0.2) is 17.1 Å². The minimum atomic E-state index is -0.403. The molecule has 0 spiro atoms. The number of H-pyrrole nitrogens is 1. The van der Waals surface area contributed by atoms with E-state index in [4.69, 9.17) is 0 Å². The lowest BCUT2D eigenvalue weighted by Crippen LogP contribution is -2.18. The zero-order chi connectivity index (χ0) is 9.84. The Morgan fingerprint density at radius 1 is 1.62 bits per heavy atom. The Kier molecular flexibility index (Phi) is 2.84. The van der Waals surface area contributed by atoms with Gasteiger partial charge in [0, 0.05) is 11.8 Å². The molecule has 0 fully saturated rings. The third-order valence-electron chi connectivity index (χ3n) is 1.85. The molecule has 13 heavy (non-hydrogen) atoms. The van der Waals surface area contributed by atoms with Crippen LogP contribution in [0.1, 0.15) is 11.1 Å². The fourth-order valence-corrected chi connectivity index (χ4v) is 1.05. The molecule has 0 amide bonds. The van der Waals surface area contributed by atoms with Crippen molar-refractivity contribution in [3.8, 4) is 0 Å². The summed E-state index contributed by atoms with van der Waals surface area (Å²) in [4.78, 5) is 24.6. The van der Waals surface area contributed by atoms with Crippen molar-refractivity contribution in [3.63, 3.8) is 0 Å². The van der Waals surface area contributed by atoms with Crippen LogP contribution in [0.25, 0.3) is 0 Å². The van der Waals surface area contributed by atoms with Crippen LogP contribution >= 0.6 is 0 Å². The van der Waals surface area contributed by atoms with Crippen LogP contribution in [0.5, 0.6) is 0 Å². The van der Waals surface area contributed by atoms with Crippen LogP contribution in [0, 0.1) is 6.92 Å². The van der Waals surface area contributed by atoms with Gasteiger partial charge in [-0.05, 0) is 18.6 Å². The van der Waals surface area contributed by atoms with Crippen LogP contribution in [0.4, 0.5) is 0 Å². The topological polar surface area (TPSA) is 59.2 Å². The summed E-state index contributed by atoms with van der Waals surface area (Å²) >= 11 is 0. The second-order valence-corrected chi connectivity index (χ2v) is 2.72. The number of ether oxygens (including phenoxy) is 1. The molecule has 0 saturated heterocycles. The minimum absolute atomic E-state index is 0.0263.